The van der Waals surface area contributed by atoms with Gasteiger partial charge in [-0.3, -0.25) is 9.59 Å². The number of hydrogen-bond donors (Lipinski definition) is 1. The van der Waals surface area contributed by atoms with Gasteiger partial charge in [0, 0.05) is 31.7 Å². The van der Waals surface area contributed by atoms with Gasteiger partial charge in [-0.1, -0.05) is 0 Å². The standard InChI is InChI=1S/C15H19N3O4S/c19-14-11-17(10-8-16-14)23(21,22)13-6-4-12(5-7-13)18-9-2-1-3-15(18)20/h4-7H,1-3,8-11H2,(H,16,19). The van der Waals surface area contributed by atoms with Crippen LogP contribution >= 0.6 is 0 Å². The molecule has 1 aromatic rings. The predicted octanol–water partition coefficient (Wildman–Crippen LogP) is 0.324. The van der Waals surface area contributed by atoms with Crippen LogP contribution in [0.25, 0.3) is 0 Å². The molecule has 0 spiro atoms. The molecule has 0 radical (unpaired) electrons. The lowest BCUT2D eigenvalue weighted by Gasteiger charge is -2.28. The van der Waals surface area contributed by atoms with E-state index >= 15 is 0 Å². The molecule has 2 amide bonds. The Hall–Kier alpha value is -1.93. The van der Waals surface area contributed by atoms with E-state index in [0.717, 1.165) is 12.8 Å². The lowest BCUT2D eigenvalue weighted by molar-refractivity contribution is -0.122. The zero-order valence-electron chi connectivity index (χ0n) is 12.7. The molecule has 2 fully saturated rings. The molecule has 2 saturated heterocycles. The SMILES string of the molecule is O=C1CN(S(=O)(=O)c2ccc(N3CCCCC3=O)cc2)CCN1. The number of benzene rings is 1. The molecule has 1 aromatic carbocycles. The number of anilines is 1. The highest BCUT2D eigenvalue weighted by molar-refractivity contribution is 7.89. The number of piperidine rings is 1. The number of amides is 2. The molecule has 8 heteroatoms. The summed E-state index contributed by atoms with van der Waals surface area (Å²) in [4.78, 5) is 25.1. The van der Waals surface area contributed by atoms with Gasteiger partial charge in [-0.15, -0.1) is 0 Å². The highest BCUT2D eigenvalue weighted by Crippen LogP contribution is 2.24. The molecule has 0 bridgehead atoms. The number of rotatable bonds is 3. The summed E-state index contributed by atoms with van der Waals surface area (Å²) in [6, 6.07) is 6.30. The van der Waals surface area contributed by atoms with Crippen molar-refractivity contribution in [3.05, 3.63) is 24.3 Å². The maximum Gasteiger partial charge on any atom is 0.243 e. The van der Waals surface area contributed by atoms with Crippen molar-refractivity contribution >= 4 is 27.5 Å². The average molecular weight is 337 g/mol. The molecule has 1 N–H and O–H groups in total. The van der Waals surface area contributed by atoms with Gasteiger partial charge in [-0.05, 0) is 37.1 Å². The van der Waals surface area contributed by atoms with Crippen molar-refractivity contribution in [1.82, 2.24) is 9.62 Å². The van der Waals surface area contributed by atoms with E-state index in [2.05, 4.69) is 5.32 Å². The number of sulfonamides is 1. The fourth-order valence-corrected chi connectivity index (χ4v) is 4.24. The summed E-state index contributed by atoms with van der Waals surface area (Å²) in [5, 5.41) is 2.60. The van der Waals surface area contributed by atoms with Crippen LogP contribution in [0.4, 0.5) is 5.69 Å². The minimum atomic E-state index is -3.69. The van der Waals surface area contributed by atoms with Crippen LogP contribution in [0.1, 0.15) is 19.3 Å². The zero-order valence-corrected chi connectivity index (χ0v) is 13.5. The Morgan fingerprint density at radius 1 is 1.00 bits per heavy atom. The van der Waals surface area contributed by atoms with Crippen LogP contribution in [0, 0.1) is 0 Å². The number of nitrogens with zero attached hydrogens (tertiary/aromatic N) is 2. The summed E-state index contributed by atoms with van der Waals surface area (Å²) in [5.41, 5.74) is 0.713. The molecule has 7 nitrogen and oxygen atoms in total. The minimum Gasteiger partial charge on any atom is -0.354 e. The van der Waals surface area contributed by atoms with Gasteiger partial charge in [0.05, 0.1) is 11.4 Å². The molecule has 2 heterocycles. The van der Waals surface area contributed by atoms with E-state index < -0.39 is 10.0 Å². The smallest absolute Gasteiger partial charge is 0.243 e. The van der Waals surface area contributed by atoms with Crippen LogP contribution in [-0.4, -0.2) is 50.7 Å². The van der Waals surface area contributed by atoms with E-state index in [0.29, 0.717) is 25.2 Å². The maximum absolute atomic E-state index is 12.6. The summed E-state index contributed by atoms with van der Waals surface area (Å²) in [7, 11) is -3.69. The fourth-order valence-electron chi connectivity index (χ4n) is 2.85. The molecule has 0 aromatic heterocycles. The Labute approximate surface area is 135 Å². The first kappa shape index (κ1) is 15.9. The summed E-state index contributed by atoms with van der Waals surface area (Å²) < 4.78 is 26.3. The van der Waals surface area contributed by atoms with E-state index in [9.17, 15) is 18.0 Å². The lowest BCUT2D eigenvalue weighted by atomic mass is 10.1. The number of carbonyl (C=O) groups is 2. The third kappa shape index (κ3) is 3.23. The van der Waals surface area contributed by atoms with Crippen LogP contribution in [0.2, 0.25) is 0 Å². The average Bonchev–Trinajstić information content (AvgIpc) is 2.55. The molecule has 124 valence electrons. The fraction of sp³-hybridized carbons (Fsp3) is 0.467. The number of nitrogens with one attached hydrogen (secondary N) is 1. The largest absolute Gasteiger partial charge is 0.354 e. The van der Waals surface area contributed by atoms with Gasteiger partial charge < -0.3 is 10.2 Å². The molecular weight excluding hydrogens is 318 g/mol. The van der Waals surface area contributed by atoms with Crippen molar-refractivity contribution in [1.29, 1.82) is 0 Å². The van der Waals surface area contributed by atoms with Crippen molar-refractivity contribution in [3.8, 4) is 0 Å². The number of piperazine rings is 1. The Kier molecular flexibility index (Phi) is 4.36. The van der Waals surface area contributed by atoms with Gasteiger partial charge in [0.25, 0.3) is 0 Å². The molecule has 23 heavy (non-hydrogen) atoms. The van der Waals surface area contributed by atoms with Gasteiger partial charge in [0.2, 0.25) is 21.8 Å². The van der Waals surface area contributed by atoms with Gasteiger partial charge in [-0.2, -0.15) is 4.31 Å². The highest BCUT2D eigenvalue weighted by atomic mass is 32.2. The number of hydrogen-bond acceptors (Lipinski definition) is 4. The first-order valence-corrected chi connectivity index (χ1v) is 9.10. The summed E-state index contributed by atoms with van der Waals surface area (Å²) in [6.07, 6.45) is 2.39. The first-order valence-electron chi connectivity index (χ1n) is 7.66. The molecule has 0 saturated carbocycles. The topological polar surface area (TPSA) is 86.8 Å². The van der Waals surface area contributed by atoms with E-state index in [1.807, 2.05) is 0 Å². The van der Waals surface area contributed by atoms with Crippen LogP contribution in [0.5, 0.6) is 0 Å². The van der Waals surface area contributed by atoms with E-state index in [-0.39, 0.29) is 29.8 Å². The third-order valence-electron chi connectivity index (χ3n) is 4.11. The van der Waals surface area contributed by atoms with Crippen LogP contribution < -0.4 is 10.2 Å². The van der Waals surface area contributed by atoms with Crippen molar-refractivity contribution in [2.45, 2.75) is 24.2 Å². The Bertz CT molecular complexity index is 715. The Morgan fingerprint density at radius 3 is 2.39 bits per heavy atom. The van der Waals surface area contributed by atoms with Crippen molar-refractivity contribution < 1.29 is 18.0 Å². The van der Waals surface area contributed by atoms with Gasteiger partial charge in [0.1, 0.15) is 0 Å². The quantitative estimate of drug-likeness (QED) is 0.861. The first-order chi connectivity index (χ1) is 11.0. The minimum absolute atomic E-state index is 0.0690. The Morgan fingerprint density at radius 2 is 1.74 bits per heavy atom. The monoisotopic (exact) mass is 337 g/mol. The lowest BCUT2D eigenvalue weighted by Crippen LogP contribution is -2.49. The highest BCUT2D eigenvalue weighted by Gasteiger charge is 2.29. The second-order valence-electron chi connectivity index (χ2n) is 5.68. The van der Waals surface area contributed by atoms with Crippen molar-refractivity contribution in [3.63, 3.8) is 0 Å². The molecule has 2 aliphatic rings. The zero-order chi connectivity index (χ0) is 16.4. The van der Waals surface area contributed by atoms with E-state index in [1.54, 1.807) is 17.0 Å². The van der Waals surface area contributed by atoms with Gasteiger partial charge >= 0.3 is 0 Å². The number of carbonyl (C=O) groups excluding carboxylic acids is 2. The van der Waals surface area contributed by atoms with Gasteiger partial charge in [-0.25, -0.2) is 8.42 Å². The maximum atomic E-state index is 12.6. The van der Waals surface area contributed by atoms with Gasteiger partial charge in [0.15, 0.2) is 0 Å². The molecule has 0 unspecified atom stereocenters. The molecule has 3 rings (SSSR count). The van der Waals surface area contributed by atoms with Crippen molar-refractivity contribution in [2.24, 2.45) is 0 Å². The second kappa shape index (κ2) is 6.29. The van der Waals surface area contributed by atoms with Crippen LogP contribution in [0.3, 0.4) is 0 Å². The summed E-state index contributed by atoms with van der Waals surface area (Å²) in [5.74, 6) is -0.227. The summed E-state index contributed by atoms with van der Waals surface area (Å²) in [6.45, 7) is 1.09. The normalized spacial score (nSPS) is 20.4. The van der Waals surface area contributed by atoms with Crippen LogP contribution in [0.15, 0.2) is 29.2 Å². The van der Waals surface area contributed by atoms with E-state index in [1.165, 1.54) is 16.4 Å². The van der Waals surface area contributed by atoms with Crippen molar-refractivity contribution in [2.75, 3.05) is 31.1 Å². The molecule has 0 atom stereocenters. The van der Waals surface area contributed by atoms with Crippen LogP contribution in [-0.2, 0) is 19.6 Å². The second-order valence-corrected chi connectivity index (χ2v) is 7.62. The Balaban J connectivity index is 1.81. The molecule has 2 aliphatic heterocycles. The third-order valence-corrected chi connectivity index (χ3v) is 5.97. The summed E-state index contributed by atoms with van der Waals surface area (Å²) >= 11 is 0. The molecule has 0 aliphatic carbocycles. The predicted molar refractivity (Wildman–Crippen MR) is 84.4 cm³/mol. The van der Waals surface area contributed by atoms with E-state index in [4.69, 9.17) is 0 Å². The molecular formula is C15H19N3O4S.